The average molecular weight is 250 g/mol. The molecule has 0 spiro atoms. The molecule has 2 atom stereocenters. The number of nitrogens with zero attached hydrogens (tertiary/aromatic N) is 2. The summed E-state index contributed by atoms with van der Waals surface area (Å²) in [6.45, 7) is 8.71. The molecule has 0 aromatic heterocycles. The zero-order valence-corrected chi connectivity index (χ0v) is 10.8. The Hall–Kier alpha value is -1.58. The minimum atomic E-state index is 0.505. The van der Waals surface area contributed by atoms with Crippen molar-refractivity contribution in [3.8, 4) is 0 Å². The number of hydrogen-bond acceptors (Lipinski definition) is 2. The maximum absolute atomic E-state index is 10.7. The van der Waals surface area contributed by atoms with Gasteiger partial charge in [0.2, 0.25) is 12.8 Å². The Morgan fingerprint density at radius 2 is 1.39 bits per heavy atom. The van der Waals surface area contributed by atoms with Gasteiger partial charge < -0.3 is 9.80 Å². The SMILES string of the molecule is C=CN(C=O)CC1CCCC(CN(C=C)C=O)C1. The lowest BCUT2D eigenvalue weighted by Gasteiger charge is -2.32. The van der Waals surface area contributed by atoms with Crippen molar-refractivity contribution in [3.63, 3.8) is 0 Å². The maximum atomic E-state index is 10.7. The lowest BCUT2D eigenvalue weighted by Crippen LogP contribution is -2.31. The van der Waals surface area contributed by atoms with Crippen LogP contribution < -0.4 is 0 Å². The summed E-state index contributed by atoms with van der Waals surface area (Å²) in [5.74, 6) is 1.01. The molecule has 1 aliphatic rings. The Morgan fingerprint density at radius 1 is 0.944 bits per heavy atom. The van der Waals surface area contributed by atoms with Crippen LogP contribution in [0.1, 0.15) is 25.7 Å². The van der Waals surface area contributed by atoms with E-state index in [4.69, 9.17) is 0 Å². The second kappa shape index (κ2) is 7.69. The van der Waals surface area contributed by atoms with Crippen LogP contribution in [0.4, 0.5) is 0 Å². The van der Waals surface area contributed by atoms with Gasteiger partial charge in [0.25, 0.3) is 0 Å². The van der Waals surface area contributed by atoms with Gasteiger partial charge in [-0.25, -0.2) is 0 Å². The fraction of sp³-hybridized carbons (Fsp3) is 0.571. The van der Waals surface area contributed by atoms with Gasteiger partial charge in [-0.15, -0.1) is 0 Å². The van der Waals surface area contributed by atoms with Crippen LogP contribution in [0.25, 0.3) is 0 Å². The summed E-state index contributed by atoms with van der Waals surface area (Å²) < 4.78 is 0. The summed E-state index contributed by atoms with van der Waals surface area (Å²) in [6.07, 6.45) is 9.26. The first-order valence-corrected chi connectivity index (χ1v) is 6.40. The minimum absolute atomic E-state index is 0.505. The highest BCUT2D eigenvalue weighted by Gasteiger charge is 2.24. The second-order valence-electron chi connectivity index (χ2n) is 4.87. The predicted molar refractivity (Wildman–Crippen MR) is 71.4 cm³/mol. The number of hydrogen-bond donors (Lipinski definition) is 0. The van der Waals surface area contributed by atoms with Crippen LogP contribution in [0, 0.1) is 11.8 Å². The molecule has 0 radical (unpaired) electrons. The van der Waals surface area contributed by atoms with Crippen LogP contribution in [0.15, 0.2) is 25.6 Å². The Bertz CT molecular complexity index is 260. The van der Waals surface area contributed by atoms with E-state index in [-0.39, 0.29) is 0 Å². The van der Waals surface area contributed by atoms with Crippen molar-refractivity contribution in [2.45, 2.75) is 25.7 Å². The topological polar surface area (TPSA) is 40.6 Å². The number of carbonyl (C=O) groups excluding carboxylic acids is 2. The molecule has 0 bridgehead atoms. The number of amides is 2. The fourth-order valence-corrected chi connectivity index (χ4v) is 2.65. The molecule has 0 aromatic rings. The summed E-state index contributed by atoms with van der Waals surface area (Å²) in [7, 11) is 0. The molecule has 0 heterocycles. The molecular formula is C14H22N2O2. The Kier molecular flexibility index (Phi) is 6.19. The van der Waals surface area contributed by atoms with E-state index in [9.17, 15) is 9.59 Å². The van der Waals surface area contributed by atoms with Crippen molar-refractivity contribution in [2.24, 2.45) is 11.8 Å². The van der Waals surface area contributed by atoms with Gasteiger partial charge in [0, 0.05) is 13.1 Å². The van der Waals surface area contributed by atoms with Gasteiger partial charge in [-0.3, -0.25) is 9.59 Å². The molecule has 0 aromatic carbocycles. The molecule has 4 heteroatoms. The molecule has 1 rings (SSSR count). The molecular weight excluding hydrogens is 228 g/mol. The monoisotopic (exact) mass is 250 g/mol. The normalized spacial score (nSPS) is 22.9. The van der Waals surface area contributed by atoms with E-state index >= 15 is 0 Å². The largest absolute Gasteiger partial charge is 0.322 e. The Morgan fingerprint density at radius 3 is 1.72 bits per heavy atom. The van der Waals surface area contributed by atoms with Crippen LogP contribution in [0.3, 0.4) is 0 Å². The number of rotatable bonds is 8. The molecule has 100 valence electrons. The van der Waals surface area contributed by atoms with Crippen molar-refractivity contribution >= 4 is 12.8 Å². The first-order chi connectivity index (χ1) is 8.73. The minimum Gasteiger partial charge on any atom is -0.322 e. The van der Waals surface area contributed by atoms with E-state index in [1.165, 1.54) is 0 Å². The third-order valence-electron chi connectivity index (χ3n) is 3.57. The first kappa shape index (κ1) is 14.5. The quantitative estimate of drug-likeness (QED) is 0.618. The van der Waals surface area contributed by atoms with Crippen LogP contribution in [0.2, 0.25) is 0 Å². The van der Waals surface area contributed by atoms with Crippen LogP contribution in [0.5, 0.6) is 0 Å². The highest BCUT2D eigenvalue weighted by Crippen LogP contribution is 2.30. The number of carbonyl (C=O) groups is 2. The molecule has 0 N–H and O–H groups in total. The van der Waals surface area contributed by atoms with Gasteiger partial charge >= 0.3 is 0 Å². The highest BCUT2D eigenvalue weighted by atomic mass is 16.1. The maximum Gasteiger partial charge on any atom is 0.213 e. The third kappa shape index (κ3) is 4.35. The Balaban J connectivity index is 2.44. The third-order valence-corrected chi connectivity index (χ3v) is 3.57. The molecule has 1 fully saturated rings. The summed E-state index contributed by atoms with van der Waals surface area (Å²) in [4.78, 5) is 24.7. The zero-order chi connectivity index (χ0) is 13.4. The van der Waals surface area contributed by atoms with E-state index in [0.29, 0.717) is 11.8 Å². The smallest absolute Gasteiger partial charge is 0.213 e. The van der Waals surface area contributed by atoms with E-state index in [2.05, 4.69) is 13.2 Å². The molecule has 0 aliphatic heterocycles. The van der Waals surface area contributed by atoms with Crippen molar-refractivity contribution in [1.82, 2.24) is 9.80 Å². The van der Waals surface area contributed by atoms with Crippen LogP contribution in [-0.4, -0.2) is 35.7 Å². The van der Waals surface area contributed by atoms with Gasteiger partial charge in [-0.05, 0) is 43.5 Å². The van der Waals surface area contributed by atoms with Gasteiger partial charge in [0.1, 0.15) is 0 Å². The molecule has 1 saturated carbocycles. The van der Waals surface area contributed by atoms with Crippen molar-refractivity contribution in [3.05, 3.63) is 25.6 Å². The van der Waals surface area contributed by atoms with Crippen molar-refractivity contribution in [1.29, 1.82) is 0 Å². The molecule has 2 amide bonds. The van der Waals surface area contributed by atoms with Crippen molar-refractivity contribution < 1.29 is 9.59 Å². The van der Waals surface area contributed by atoms with Gasteiger partial charge in [-0.1, -0.05) is 19.6 Å². The van der Waals surface area contributed by atoms with E-state index in [1.54, 1.807) is 22.2 Å². The molecule has 2 unspecified atom stereocenters. The Labute approximate surface area is 109 Å². The standard InChI is InChI=1S/C14H22N2O2/c1-3-15(11-17)9-13-6-5-7-14(8-13)10-16(4-2)12-18/h3-4,11-14H,1-2,5-10H2. The van der Waals surface area contributed by atoms with Crippen LogP contribution in [-0.2, 0) is 9.59 Å². The molecule has 4 nitrogen and oxygen atoms in total. The second-order valence-corrected chi connectivity index (χ2v) is 4.87. The summed E-state index contributed by atoms with van der Waals surface area (Å²) in [6, 6.07) is 0. The summed E-state index contributed by atoms with van der Waals surface area (Å²) in [5.41, 5.74) is 0. The molecule has 0 saturated heterocycles. The average Bonchev–Trinajstić information content (AvgIpc) is 2.42. The zero-order valence-electron chi connectivity index (χ0n) is 10.8. The van der Waals surface area contributed by atoms with Gasteiger partial charge in [-0.2, -0.15) is 0 Å². The van der Waals surface area contributed by atoms with E-state index in [1.807, 2.05) is 0 Å². The van der Waals surface area contributed by atoms with E-state index < -0.39 is 0 Å². The molecule has 1 aliphatic carbocycles. The first-order valence-electron chi connectivity index (χ1n) is 6.40. The fourth-order valence-electron chi connectivity index (χ4n) is 2.65. The summed E-state index contributed by atoms with van der Waals surface area (Å²) >= 11 is 0. The van der Waals surface area contributed by atoms with E-state index in [0.717, 1.165) is 51.6 Å². The highest BCUT2D eigenvalue weighted by molar-refractivity contribution is 5.49. The molecule has 18 heavy (non-hydrogen) atoms. The predicted octanol–water partition coefficient (Wildman–Crippen LogP) is 2.00. The lowest BCUT2D eigenvalue weighted by molar-refractivity contribution is -0.116. The van der Waals surface area contributed by atoms with Crippen LogP contribution >= 0.6 is 0 Å². The van der Waals surface area contributed by atoms with Crippen molar-refractivity contribution in [2.75, 3.05) is 13.1 Å². The summed E-state index contributed by atoms with van der Waals surface area (Å²) in [5, 5.41) is 0. The van der Waals surface area contributed by atoms with Gasteiger partial charge in [0.15, 0.2) is 0 Å². The lowest BCUT2D eigenvalue weighted by atomic mass is 9.81. The van der Waals surface area contributed by atoms with Gasteiger partial charge in [0.05, 0.1) is 0 Å².